The first-order valence-electron chi connectivity index (χ1n) is 6.38. The largest absolute Gasteiger partial charge is 0.481 e. The molecule has 1 N–H and O–H groups in total. The van der Waals surface area contributed by atoms with Crippen molar-refractivity contribution in [2.45, 2.75) is 25.7 Å². The van der Waals surface area contributed by atoms with Crippen molar-refractivity contribution in [1.82, 2.24) is 0 Å². The van der Waals surface area contributed by atoms with Crippen LogP contribution in [-0.4, -0.2) is 24.2 Å². The summed E-state index contributed by atoms with van der Waals surface area (Å²) in [6, 6.07) is 7.89. The maximum atomic E-state index is 10.5. The minimum atomic E-state index is -0.691. The second-order valence-corrected chi connectivity index (χ2v) is 5.22. The number of hydrogen-bond acceptors (Lipinski definition) is 2. The highest BCUT2D eigenvalue weighted by molar-refractivity contribution is 6.33. The first-order valence-corrected chi connectivity index (χ1v) is 6.76. The SMILES string of the molecule is O=C(O)CCC1CCN(c2ccccc2Cl)CC1. The Bertz CT molecular complexity index is 414. The third-order valence-corrected chi connectivity index (χ3v) is 3.89. The molecule has 1 aromatic carbocycles. The fourth-order valence-corrected chi connectivity index (χ4v) is 2.75. The molecule has 1 heterocycles. The van der Waals surface area contributed by atoms with Crippen molar-refractivity contribution in [3.63, 3.8) is 0 Å². The average Bonchev–Trinajstić information content (AvgIpc) is 2.38. The number of hydrogen-bond donors (Lipinski definition) is 1. The van der Waals surface area contributed by atoms with E-state index in [9.17, 15) is 4.79 Å². The van der Waals surface area contributed by atoms with E-state index in [4.69, 9.17) is 16.7 Å². The van der Waals surface area contributed by atoms with Crippen molar-refractivity contribution < 1.29 is 9.90 Å². The van der Waals surface area contributed by atoms with Gasteiger partial charge in [0.15, 0.2) is 0 Å². The number of aliphatic carboxylic acids is 1. The van der Waals surface area contributed by atoms with Gasteiger partial charge in [0.1, 0.15) is 0 Å². The zero-order valence-corrected chi connectivity index (χ0v) is 11.1. The van der Waals surface area contributed by atoms with Gasteiger partial charge in [0.05, 0.1) is 10.7 Å². The molecule has 0 aliphatic carbocycles. The molecule has 0 aromatic heterocycles. The Hall–Kier alpha value is -1.22. The van der Waals surface area contributed by atoms with Crippen molar-refractivity contribution in [2.24, 2.45) is 5.92 Å². The van der Waals surface area contributed by atoms with Crippen LogP contribution >= 0.6 is 11.6 Å². The highest BCUT2D eigenvalue weighted by atomic mass is 35.5. The van der Waals surface area contributed by atoms with Crippen molar-refractivity contribution in [3.8, 4) is 0 Å². The maximum Gasteiger partial charge on any atom is 0.303 e. The van der Waals surface area contributed by atoms with Gasteiger partial charge >= 0.3 is 5.97 Å². The first-order chi connectivity index (χ1) is 8.66. The van der Waals surface area contributed by atoms with Crippen LogP contribution in [-0.2, 0) is 4.79 Å². The van der Waals surface area contributed by atoms with E-state index in [2.05, 4.69) is 4.90 Å². The Morgan fingerprint density at radius 2 is 2.00 bits per heavy atom. The van der Waals surface area contributed by atoms with Crippen molar-refractivity contribution in [3.05, 3.63) is 29.3 Å². The van der Waals surface area contributed by atoms with Crippen LogP contribution in [0.4, 0.5) is 5.69 Å². The maximum absolute atomic E-state index is 10.5. The lowest BCUT2D eigenvalue weighted by Gasteiger charge is -2.34. The molecular formula is C14H18ClNO2. The highest BCUT2D eigenvalue weighted by Crippen LogP contribution is 2.30. The molecule has 3 nitrogen and oxygen atoms in total. The van der Waals surface area contributed by atoms with Gasteiger partial charge < -0.3 is 10.0 Å². The smallest absolute Gasteiger partial charge is 0.303 e. The van der Waals surface area contributed by atoms with E-state index >= 15 is 0 Å². The number of carboxylic acid groups (broad SMARTS) is 1. The van der Waals surface area contributed by atoms with Gasteiger partial charge in [-0.25, -0.2) is 0 Å². The highest BCUT2D eigenvalue weighted by Gasteiger charge is 2.20. The van der Waals surface area contributed by atoms with Gasteiger partial charge in [-0.2, -0.15) is 0 Å². The Kier molecular flexibility index (Phi) is 4.48. The van der Waals surface area contributed by atoms with E-state index in [-0.39, 0.29) is 6.42 Å². The number of carbonyl (C=O) groups is 1. The lowest BCUT2D eigenvalue weighted by atomic mass is 9.92. The van der Waals surface area contributed by atoms with E-state index in [1.807, 2.05) is 24.3 Å². The molecule has 0 unspecified atom stereocenters. The van der Waals surface area contributed by atoms with Crippen LogP contribution in [0.1, 0.15) is 25.7 Å². The molecule has 4 heteroatoms. The van der Waals surface area contributed by atoms with Gasteiger partial charge in [0.2, 0.25) is 0 Å². The summed E-state index contributed by atoms with van der Waals surface area (Å²) >= 11 is 6.18. The first kappa shape index (κ1) is 13.2. The number of nitrogens with zero attached hydrogens (tertiary/aromatic N) is 1. The van der Waals surface area contributed by atoms with Gasteiger partial charge in [-0.1, -0.05) is 23.7 Å². The van der Waals surface area contributed by atoms with Gasteiger partial charge in [0, 0.05) is 19.5 Å². The number of rotatable bonds is 4. The van der Waals surface area contributed by atoms with Gasteiger partial charge in [-0.15, -0.1) is 0 Å². The molecule has 1 fully saturated rings. The van der Waals surface area contributed by atoms with Crippen LogP contribution in [0.15, 0.2) is 24.3 Å². The minimum absolute atomic E-state index is 0.288. The van der Waals surface area contributed by atoms with Crippen molar-refractivity contribution >= 4 is 23.3 Å². The number of halogens is 1. The zero-order chi connectivity index (χ0) is 13.0. The molecule has 0 bridgehead atoms. The molecule has 0 saturated carbocycles. The predicted molar refractivity (Wildman–Crippen MR) is 73.3 cm³/mol. The number of carboxylic acids is 1. The van der Waals surface area contributed by atoms with Gasteiger partial charge in [-0.3, -0.25) is 4.79 Å². The van der Waals surface area contributed by atoms with E-state index in [1.165, 1.54) is 0 Å². The Morgan fingerprint density at radius 3 is 2.61 bits per heavy atom. The average molecular weight is 268 g/mol. The van der Waals surface area contributed by atoms with Crippen LogP contribution in [0.2, 0.25) is 5.02 Å². The van der Waals surface area contributed by atoms with Crippen LogP contribution in [0.3, 0.4) is 0 Å². The second kappa shape index (κ2) is 6.10. The molecule has 1 aliphatic rings. The topological polar surface area (TPSA) is 40.5 Å². The standard InChI is InChI=1S/C14H18ClNO2/c15-12-3-1-2-4-13(12)16-9-7-11(8-10-16)5-6-14(17)18/h1-4,11H,5-10H2,(H,17,18). The van der Waals surface area contributed by atoms with Crippen LogP contribution < -0.4 is 4.90 Å². The van der Waals surface area contributed by atoms with Crippen LogP contribution in [0.25, 0.3) is 0 Å². The molecule has 1 aromatic rings. The summed E-state index contributed by atoms with van der Waals surface area (Å²) in [6.45, 7) is 1.93. The summed E-state index contributed by atoms with van der Waals surface area (Å²) in [7, 11) is 0. The lowest BCUT2D eigenvalue weighted by molar-refractivity contribution is -0.137. The molecule has 98 valence electrons. The summed E-state index contributed by atoms with van der Waals surface area (Å²) < 4.78 is 0. The Balaban J connectivity index is 1.87. The Labute approximate surface area is 112 Å². The van der Waals surface area contributed by atoms with Crippen LogP contribution in [0.5, 0.6) is 0 Å². The fraction of sp³-hybridized carbons (Fsp3) is 0.500. The summed E-state index contributed by atoms with van der Waals surface area (Å²) in [4.78, 5) is 12.8. The van der Waals surface area contributed by atoms with Crippen molar-refractivity contribution in [1.29, 1.82) is 0 Å². The summed E-state index contributed by atoms with van der Waals surface area (Å²) in [5.74, 6) is -0.150. The van der Waals surface area contributed by atoms with E-state index in [0.29, 0.717) is 5.92 Å². The summed E-state index contributed by atoms with van der Waals surface area (Å²) in [5, 5.41) is 9.48. The van der Waals surface area contributed by atoms with Crippen LogP contribution in [0, 0.1) is 5.92 Å². The normalized spacial score (nSPS) is 16.8. The predicted octanol–water partition coefficient (Wildman–Crippen LogP) is 3.42. The van der Waals surface area contributed by atoms with E-state index in [1.54, 1.807) is 0 Å². The van der Waals surface area contributed by atoms with Gasteiger partial charge in [0.25, 0.3) is 0 Å². The van der Waals surface area contributed by atoms with Gasteiger partial charge in [-0.05, 0) is 37.3 Å². The second-order valence-electron chi connectivity index (χ2n) is 4.81. The third kappa shape index (κ3) is 3.39. The molecule has 2 rings (SSSR count). The zero-order valence-electron chi connectivity index (χ0n) is 10.3. The molecule has 0 spiro atoms. The monoisotopic (exact) mass is 267 g/mol. The molecule has 1 aliphatic heterocycles. The fourth-order valence-electron chi connectivity index (χ4n) is 2.50. The lowest BCUT2D eigenvalue weighted by Crippen LogP contribution is -2.33. The van der Waals surface area contributed by atoms with E-state index in [0.717, 1.165) is 43.1 Å². The number of para-hydroxylation sites is 1. The summed E-state index contributed by atoms with van der Waals surface area (Å²) in [6.07, 6.45) is 3.19. The third-order valence-electron chi connectivity index (χ3n) is 3.57. The number of anilines is 1. The molecule has 0 atom stereocenters. The molecule has 0 radical (unpaired) electrons. The Morgan fingerprint density at radius 1 is 1.33 bits per heavy atom. The molecular weight excluding hydrogens is 250 g/mol. The van der Waals surface area contributed by atoms with Crippen molar-refractivity contribution in [2.75, 3.05) is 18.0 Å². The minimum Gasteiger partial charge on any atom is -0.481 e. The number of piperidine rings is 1. The molecule has 18 heavy (non-hydrogen) atoms. The number of benzene rings is 1. The summed E-state index contributed by atoms with van der Waals surface area (Å²) in [5.41, 5.74) is 1.09. The molecule has 0 amide bonds. The molecule has 1 saturated heterocycles. The van der Waals surface area contributed by atoms with E-state index < -0.39 is 5.97 Å². The quantitative estimate of drug-likeness (QED) is 0.909.